The Balaban J connectivity index is 1.56. The molecule has 130 valence electrons. The Morgan fingerprint density at radius 3 is 2.42 bits per heavy atom. The topological polar surface area (TPSA) is 48.4 Å². The van der Waals surface area contributed by atoms with Gasteiger partial charge in [0.1, 0.15) is 24.7 Å². The van der Waals surface area contributed by atoms with Crippen LogP contribution in [0.4, 0.5) is 0 Å². The third kappa shape index (κ3) is 5.05. The molecule has 3 aromatic rings. The summed E-state index contributed by atoms with van der Waals surface area (Å²) >= 11 is 0. The first-order chi connectivity index (χ1) is 12.8. The van der Waals surface area contributed by atoms with E-state index in [9.17, 15) is 4.79 Å². The van der Waals surface area contributed by atoms with Crippen LogP contribution in [0.25, 0.3) is 6.08 Å². The number of rotatable bonds is 7. The van der Waals surface area contributed by atoms with Gasteiger partial charge in [0.25, 0.3) is 0 Å². The number of pyridine rings is 1. The molecule has 0 amide bonds. The number of benzene rings is 2. The fourth-order valence-electron chi connectivity index (χ4n) is 2.33. The van der Waals surface area contributed by atoms with Crippen LogP contribution in [0.1, 0.15) is 21.6 Å². The van der Waals surface area contributed by atoms with Crippen molar-refractivity contribution in [1.29, 1.82) is 0 Å². The van der Waals surface area contributed by atoms with Crippen LogP contribution < -0.4 is 4.74 Å². The van der Waals surface area contributed by atoms with E-state index in [0.717, 1.165) is 5.56 Å². The van der Waals surface area contributed by atoms with E-state index in [2.05, 4.69) is 4.98 Å². The van der Waals surface area contributed by atoms with Crippen molar-refractivity contribution in [2.45, 2.75) is 6.61 Å². The van der Waals surface area contributed by atoms with Crippen molar-refractivity contribution in [3.63, 3.8) is 0 Å². The van der Waals surface area contributed by atoms with Crippen LogP contribution in [0.2, 0.25) is 0 Å². The number of ether oxygens (including phenoxy) is 2. The predicted molar refractivity (Wildman–Crippen MR) is 101 cm³/mol. The van der Waals surface area contributed by atoms with Crippen molar-refractivity contribution in [3.8, 4) is 5.75 Å². The highest BCUT2D eigenvalue weighted by molar-refractivity contribution is 5.89. The van der Waals surface area contributed by atoms with Crippen LogP contribution in [0.15, 0.2) is 85.1 Å². The molecule has 4 heteroatoms. The van der Waals surface area contributed by atoms with Gasteiger partial charge in [0, 0.05) is 6.20 Å². The molecular formula is C22H19NO3. The van der Waals surface area contributed by atoms with Crippen molar-refractivity contribution in [2.24, 2.45) is 0 Å². The van der Waals surface area contributed by atoms with Crippen molar-refractivity contribution in [2.75, 3.05) is 6.61 Å². The van der Waals surface area contributed by atoms with E-state index in [-0.39, 0.29) is 12.6 Å². The van der Waals surface area contributed by atoms with Gasteiger partial charge in [-0.3, -0.25) is 4.98 Å². The molecule has 1 heterocycles. The van der Waals surface area contributed by atoms with Crippen molar-refractivity contribution >= 4 is 12.0 Å². The van der Waals surface area contributed by atoms with Crippen LogP contribution >= 0.6 is 0 Å². The second kappa shape index (κ2) is 9.18. The van der Waals surface area contributed by atoms with E-state index in [4.69, 9.17) is 9.47 Å². The highest BCUT2D eigenvalue weighted by Gasteiger charge is 2.05. The Morgan fingerprint density at radius 1 is 0.923 bits per heavy atom. The third-order valence-electron chi connectivity index (χ3n) is 3.63. The molecule has 26 heavy (non-hydrogen) atoms. The Labute approximate surface area is 152 Å². The summed E-state index contributed by atoms with van der Waals surface area (Å²) in [6, 6.07) is 22.5. The Bertz CT molecular complexity index is 861. The molecule has 3 rings (SSSR count). The largest absolute Gasteiger partial charge is 0.487 e. The zero-order chi connectivity index (χ0) is 18.0. The fraction of sp³-hybridized carbons (Fsp3) is 0.0909. The van der Waals surface area contributed by atoms with Gasteiger partial charge < -0.3 is 9.47 Å². The molecule has 0 N–H and O–H groups in total. The van der Waals surface area contributed by atoms with Gasteiger partial charge in [0.15, 0.2) is 0 Å². The number of aromatic nitrogens is 1. The molecule has 4 nitrogen and oxygen atoms in total. The number of hydrogen-bond acceptors (Lipinski definition) is 4. The molecular weight excluding hydrogens is 326 g/mol. The summed E-state index contributed by atoms with van der Waals surface area (Å²) in [7, 11) is 0. The maximum atomic E-state index is 11.9. The van der Waals surface area contributed by atoms with Gasteiger partial charge in [-0.2, -0.15) is 0 Å². The van der Waals surface area contributed by atoms with E-state index in [0.29, 0.717) is 23.6 Å². The molecule has 0 saturated heterocycles. The lowest BCUT2D eigenvalue weighted by Crippen LogP contribution is -2.04. The van der Waals surface area contributed by atoms with Gasteiger partial charge >= 0.3 is 5.97 Å². The highest BCUT2D eigenvalue weighted by Crippen LogP contribution is 2.18. The number of esters is 1. The molecule has 0 unspecified atom stereocenters. The number of carbonyl (C=O) groups excluding carboxylic acids is 1. The van der Waals surface area contributed by atoms with Gasteiger partial charge in [0.05, 0.1) is 5.56 Å². The van der Waals surface area contributed by atoms with Gasteiger partial charge in [-0.05, 0) is 42.0 Å². The number of carbonyl (C=O) groups is 1. The first-order valence-corrected chi connectivity index (χ1v) is 8.33. The second-order valence-corrected chi connectivity index (χ2v) is 5.53. The SMILES string of the molecule is O=C(OCC=Cc1ncccc1OCc1ccccc1)c1ccccc1. The summed E-state index contributed by atoms with van der Waals surface area (Å²) in [6.45, 7) is 0.638. The average Bonchev–Trinajstić information content (AvgIpc) is 2.71. The monoisotopic (exact) mass is 345 g/mol. The fourth-order valence-corrected chi connectivity index (χ4v) is 2.33. The number of nitrogens with zero attached hydrogens (tertiary/aromatic N) is 1. The minimum atomic E-state index is -0.350. The van der Waals surface area contributed by atoms with Gasteiger partial charge in [-0.15, -0.1) is 0 Å². The van der Waals surface area contributed by atoms with Crippen LogP contribution in [-0.2, 0) is 11.3 Å². The maximum Gasteiger partial charge on any atom is 0.338 e. The minimum Gasteiger partial charge on any atom is -0.487 e. The summed E-state index contributed by atoms with van der Waals surface area (Å²) in [6.07, 6.45) is 5.24. The van der Waals surface area contributed by atoms with Crippen LogP contribution in [0.3, 0.4) is 0 Å². The molecule has 0 bridgehead atoms. The molecule has 0 spiro atoms. The maximum absolute atomic E-state index is 11.9. The molecule has 0 saturated carbocycles. The Morgan fingerprint density at radius 2 is 1.65 bits per heavy atom. The normalized spacial score (nSPS) is 10.6. The zero-order valence-corrected chi connectivity index (χ0v) is 14.2. The first kappa shape index (κ1) is 17.4. The van der Waals surface area contributed by atoms with E-state index in [1.165, 1.54) is 0 Å². The van der Waals surface area contributed by atoms with Crippen LogP contribution in [-0.4, -0.2) is 17.6 Å². The molecule has 0 fully saturated rings. The summed E-state index contributed by atoms with van der Waals surface area (Å²) in [5, 5.41) is 0. The summed E-state index contributed by atoms with van der Waals surface area (Å²) in [5.74, 6) is 0.332. The molecule has 1 aromatic heterocycles. The van der Waals surface area contributed by atoms with E-state index in [1.807, 2.05) is 48.5 Å². The molecule has 0 aliphatic heterocycles. The number of hydrogen-bond donors (Lipinski definition) is 0. The van der Waals surface area contributed by atoms with E-state index >= 15 is 0 Å². The average molecular weight is 345 g/mol. The third-order valence-corrected chi connectivity index (χ3v) is 3.63. The van der Waals surface area contributed by atoms with E-state index in [1.54, 1.807) is 42.6 Å². The molecule has 0 radical (unpaired) electrons. The lowest BCUT2D eigenvalue weighted by Gasteiger charge is -2.08. The molecule has 2 aromatic carbocycles. The second-order valence-electron chi connectivity index (χ2n) is 5.53. The van der Waals surface area contributed by atoms with Crippen LogP contribution in [0, 0.1) is 0 Å². The van der Waals surface area contributed by atoms with Gasteiger partial charge in [0.2, 0.25) is 0 Å². The molecule has 0 atom stereocenters. The van der Waals surface area contributed by atoms with Crippen LogP contribution in [0.5, 0.6) is 5.75 Å². The summed E-state index contributed by atoms with van der Waals surface area (Å²) in [4.78, 5) is 16.2. The van der Waals surface area contributed by atoms with Gasteiger partial charge in [-0.25, -0.2) is 4.79 Å². The predicted octanol–water partition coefficient (Wildman–Crippen LogP) is 4.53. The Hall–Kier alpha value is -3.40. The highest BCUT2D eigenvalue weighted by atomic mass is 16.5. The zero-order valence-electron chi connectivity index (χ0n) is 14.2. The summed E-state index contributed by atoms with van der Waals surface area (Å²) < 4.78 is 11.1. The quantitative estimate of drug-likeness (QED) is 0.590. The smallest absolute Gasteiger partial charge is 0.338 e. The molecule has 0 aliphatic carbocycles. The minimum absolute atomic E-state index is 0.169. The van der Waals surface area contributed by atoms with Crippen molar-refractivity contribution < 1.29 is 14.3 Å². The van der Waals surface area contributed by atoms with E-state index < -0.39 is 0 Å². The molecule has 0 aliphatic rings. The van der Waals surface area contributed by atoms with Gasteiger partial charge in [-0.1, -0.05) is 48.5 Å². The van der Waals surface area contributed by atoms with Crippen molar-refractivity contribution in [3.05, 3.63) is 102 Å². The lowest BCUT2D eigenvalue weighted by atomic mass is 10.2. The van der Waals surface area contributed by atoms with Crippen molar-refractivity contribution in [1.82, 2.24) is 4.98 Å². The first-order valence-electron chi connectivity index (χ1n) is 8.33. The standard InChI is InChI=1S/C22H19NO3/c24-22(19-11-5-2-6-12-19)25-16-8-13-20-21(14-7-15-23-20)26-17-18-9-3-1-4-10-18/h1-15H,16-17H2. The lowest BCUT2D eigenvalue weighted by molar-refractivity contribution is 0.0550. The Kier molecular flexibility index (Phi) is 6.15. The summed E-state index contributed by atoms with van der Waals surface area (Å²) in [5.41, 5.74) is 2.31.